The molecule has 0 radical (unpaired) electrons. The number of hydrogen-bond donors (Lipinski definition) is 1. The molecular formula is C15H23N5. The number of aryl methyl sites for hydroxylation is 2. The first kappa shape index (κ1) is 14.5. The molecule has 0 aliphatic heterocycles. The Hall–Kier alpha value is -1.91. The molecule has 1 heterocycles. The number of nitrogen functional groups attached to an aromatic ring is 1. The maximum atomic E-state index is 5.95. The summed E-state index contributed by atoms with van der Waals surface area (Å²) in [4.78, 5) is 0. The number of nitrogens with zero attached hydrogens (tertiary/aromatic N) is 4. The Labute approximate surface area is 120 Å². The van der Waals surface area contributed by atoms with E-state index in [1.807, 2.05) is 29.8 Å². The van der Waals surface area contributed by atoms with Crippen molar-refractivity contribution in [2.45, 2.75) is 46.6 Å². The van der Waals surface area contributed by atoms with Crippen molar-refractivity contribution in [3.63, 3.8) is 0 Å². The zero-order valence-corrected chi connectivity index (χ0v) is 12.5. The third-order valence-corrected chi connectivity index (χ3v) is 3.47. The van der Waals surface area contributed by atoms with Crippen molar-refractivity contribution in [2.75, 3.05) is 5.73 Å². The fraction of sp³-hybridized carbons (Fsp3) is 0.533. The van der Waals surface area contributed by atoms with E-state index in [2.05, 4.69) is 29.4 Å². The number of benzene rings is 1. The van der Waals surface area contributed by atoms with Crippen molar-refractivity contribution in [2.24, 2.45) is 5.92 Å². The highest BCUT2D eigenvalue weighted by Gasteiger charge is 2.09. The second-order valence-electron chi connectivity index (χ2n) is 5.69. The van der Waals surface area contributed by atoms with Gasteiger partial charge in [0.05, 0.1) is 0 Å². The number of anilines is 1. The topological polar surface area (TPSA) is 69.6 Å². The molecule has 2 aromatic rings. The highest BCUT2D eigenvalue weighted by Crippen LogP contribution is 2.21. The van der Waals surface area contributed by atoms with E-state index in [4.69, 9.17) is 5.73 Å². The van der Waals surface area contributed by atoms with Crippen molar-refractivity contribution in [1.29, 1.82) is 0 Å². The molecule has 0 amide bonds. The number of tetrazole rings is 1. The van der Waals surface area contributed by atoms with Crippen molar-refractivity contribution in [1.82, 2.24) is 20.2 Å². The van der Waals surface area contributed by atoms with Gasteiger partial charge in [0.1, 0.15) is 0 Å². The van der Waals surface area contributed by atoms with Gasteiger partial charge in [-0.2, -0.15) is 0 Å². The largest absolute Gasteiger partial charge is 0.398 e. The monoisotopic (exact) mass is 273 g/mol. The number of aromatic nitrogens is 4. The number of nitrogens with two attached hydrogens (primary N) is 1. The van der Waals surface area contributed by atoms with Crippen LogP contribution in [0.25, 0.3) is 11.4 Å². The molecule has 20 heavy (non-hydrogen) atoms. The Kier molecular flexibility index (Phi) is 4.71. The average molecular weight is 273 g/mol. The summed E-state index contributed by atoms with van der Waals surface area (Å²) in [6.45, 7) is 7.34. The Balaban J connectivity index is 2.06. The number of rotatable bonds is 6. The Morgan fingerprint density at radius 2 is 2.05 bits per heavy atom. The van der Waals surface area contributed by atoms with Crippen LogP contribution in [0.1, 0.15) is 38.7 Å². The summed E-state index contributed by atoms with van der Waals surface area (Å²) in [5, 5.41) is 12.0. The quantitative estimate of drug-likeness (QED) is 0.648. The Morgan fingerprint density at radius 3 is 2.75 bits per heavy atom. The molecule has 5 heteroatoms. The molecule has 0 aliphatic rings. The van der Waals surface area contributed by atoms with E-state index in [9.17, 15) is 0 Å². The lowest BCUT2D eigenvalue weighted by Crippen LogP contribution is -2.04. The molecule has 0 saturated carbocycles. The summed E-state index contributed by atoms with van der Waals surface area (Å²) >= 11 is 0. The van der Waals surface area contributed by atoms with Gasteiger partial charge in [-0.15, -0.1) is 5.10 Å². The van der Waals surface area contributed by atoms with Gasteiger partial charge in [-0.3, -0.25) is 0 Å². The fourth-order valence-corrected chi connectivity index (χ4v) is 2.16. The first-order chi connectivity index (χ1) is 9.58. The van der Waals surface area contributed by atoms with Crippen LogP contribution >= 0.6 is 0 Å². The third-order valence-electron chi connectivity index (χ3n) is 3.47. The first-order valence-electron chi connectivity index (χ1n) is 7.20. The molecule has 2 rings (SSSR count). The van der Waals surface area contributed by atoms with Crippen LogP contribution < -0.4 is 5.73 Å². The van der Waals surface area contributed by atoms with Gasteiger partial charge in [-0.1, -0.05) is 38.8 Å². The molecule has 0 spiro atoms. The smallest absolute Gasteiger partial charge is 0.182 e. The second kappa shape index (κ2) is 6.50. The van der Waals surface area contributed by atoms with Crippen LogP contribution in [0, 0.1) is 12.8 Å². The molecule has 5 nitrogen and oxygen atoms in total. The molecule has 1 aromatic heterocycles. The normalized spacial score (nSPS) is 11.2. The van der Waals surface area contributed by atoms with E-state index >= 15 is 0 Å². The summed E-state index contributed by atoms with van der Waals surface area (Å²) in [7, 11) is 0. The molecule has 0 saturated heterocycles. The summed E-state index contributed by atoms with van der Waals surface area (Å²) in [5.41, 5.74) is 8.78. The van der Waals surface area contributed by atoms with Gasteiger partial charge in [-0.25, -0.2) is 4.68 Å². The van der Waals surface area contributed by atoms with Crippen LogP contribution in [-0.2, 0) is 6.54 Å². The zero-order valence-electron chi connectivity index (χ0n) is 12.5. The molecule has 0 aliphatic carbocycles. The van der Waals surface area contributed by atoms with Gasteiger partial charge >= 0.3 is 0 Å². The molecule has 0 bridgehead atoms. The molecule has 2 N–H and O–H groups in total. The van der Waals surface area contributed by atoms with E-state index in [0.29, 0.717) is 0 Å². The fourth-order valence-electron chi connectivity index (χ4n) is 2.16. The van der Waals surface area contributed by atoms with Crippen molar-refractivity contribution in [3.8, 4) is 11.4 Å². The standard InChI is InChI=1S/C15H23N5/c1-11(2)6-4-5-9-20-15(17-18-19-20)13-8-7-12(3)14(16)10-13/h7-8,10-11H,4-6,9,16H2,1-3H3. The van der Waals surface area contributed by atoms with Crippen molar-refractivity contribution < 1.29 is 0 Å². The van der Waals surface area contributed by atoms with Gasteiger partial charge < -0.3 is 5.73 Å². The van der Waals surface area contributed by atoms with Crippen molar-refractivity contribution in [3.05, 3.63) is 23.8 Å². The predicted octanol–water partition coefficient (Wildman–Crippen LogP) is 3.06. The Bertz CT molecular complexity index is 559. The van der Waals surface area contributed by atoms with Crippen LogP contribution in [0.5, 0.6) is 0 Å². The van der Waals surface area contributed by atoms with Gasteiger partial charge in [-0.05, 0) is 41.3 Å². The van der Waals surface area contributed by atoms with Gasteiger partial charge in [0.15, 0.2) is 5.82 Å². The van der Waals surface area contributed by atoms with E-state index in [1.54, 1.807) is 0 Å². The van der Waals surface area contributed by atoms with Gasteiger partial charge in [0.25, 0.3) is 0 Å². The maximum absolute atomic E-state index is 5.95. The summed E-state index contributed by atoms with van der Waals surface area (Å²) in [5.74, 6) is 1.54. The average Bonchev–Trinajstić information content (AvgIpc) is 2.86. The number of unbranched alkanes of at least 4 members (excludes halogenated alkanes) is 1. The summed E-state index contributed by atoms with van der Waals surface area (Å²) < 4.78 is 1.87. The van der Waals surface area contributed by atoms with E-state index in [0.717, 1.165) is 41.5 Å². The zero-order chi connectivity index (χ0) is 14.5. The lowest BCUT2D eigenvalue weighted by atomic mass is 10.1. The van der Waals surface area contributed by atoms with Gasteiger partial charge in [0.2, 0.25) is 0 Å². The highest BCUT2D eigenvalue weighted by molar-refractivity contribution is 5.63. The van der Waals surface area contributed by atoms with Crippen LogP contribution in [-0.4, -0.2) is 20.2 Å². The minimum absolute atomic E-state index is 0.750. The van der Waals surface area contributed by atoms with Crippen molar-refractivity contribution >= 4 is 5.69 Å². The lowest BCUT2D eigenvalue weighted by Gasteiger charge is -2.07. The Morgan fingerprint density at radius 1 is 1.25 bits per heavy atom. The van der Waals surface area contributed by atoms with Crippen LogP contribution in [0.4, 0.5) is 5.69 Å². The van der Waals surface area contributed by atoms with E-state index < -0.39 is 0 Å². The van der Waals surface area contributed by atoms with E-state index in [-0.39, 0.29) is 0 Å². The maximum Gasteiger partial charge on any atom is 0.182 e. The minimum Gasteiger partial charge on any atom is -0.398 e. The van der Waals surface area contributed by atoms with Gasteiger partial charge in [0, 0.05) is 17.8 Å². The number of hydrogen-bond acceptors (Lipinski definition) is 4. The summed E-state index contributed by atoms with van der Waals surface area (Å²) in [6, 6.07) is 5.95. The lowest BCUT2D eigenvalue weighted by molar-refractivity contribution is 0.487. The SMILES string of the molecule is Cc1ccc(-c2nnnn2CCCCC(C)C)cc1N. The van der Waals surface area contributed by atoms with Crippen LogP contribution in [0.3, 0.4) is 0 Å². The van der Waals surface area contributed by atoms with E-state index in [1.165, 1.54) is 12.8 Å². The first-order valence-corrected chi connectivity index (χ1v) is 7.20. The molecule has 108 valence electrons. The van der Waals surface area contributed by atoms with Crippen LogP contribution in [0.2, 0.25) is 0 Å². The molecular weight excluding hydrogens is 250 g/mol. The molecule has 0 atom stereocenters. The minimum atomic E-state index is 0.750. The second-order valence-corrected chi connectivity index (χ2v) is 5.69. The third kappa shape index (κ3) is 3.56. The molecule has 1 aromatic carbocycles. The molecule has 0 fully saturated rings. The summed E-state index contributed by atoms with van der Waals surface area (Å²) in [6.07, 6.45) is 3.54. The predicted molar refractivity (Wildman–Crippen MR) is 81.1 cm³/mol. The molecule has 0 unspecified atom stereocenters. The van der Waals surface area contributed by atoms with Crippen LogP contribution in [0.15, 0.2) is 18.2 Å². The highest BCUT2D eigenvalue weighted by atomic mass is 15.5.